The first-order valence-corrected chi connectivity index (χ1v) is 8.78. The number of nitrogens with zero attached hydrogens (tertiary/aromatic N) is 3. The normalized spacial score (nSPS) is 15.8. The molecule has 0 saturated carbocycles. The zero-order chi connectivity index (χ0) is 16.2. The number of imidazole rings is 1. The highest BCUT2D eigenvalue weighted by atomic mass is 32.2. The van der Waals surface area contributed by atoms with E-state index in [2.05, 4.69) is 4.98 Å². The van der Waals surface area contributed by atoms with E-state index in [-0.39, 0.29) is 12.0 Å². The minimum Gasteiger partial charge on any atom is -0.393 e. The molecule has 1 amide bonds. The fourth-order valence-corrected chi connectivity index (χ4v) is 3.56. The summed E-state index contributed by atoms with van der Waals surface area (Å²) in [4.78, 5) is 18.7. The van der Waals surface area contributed by atoms with E-state index in [4.69, 9.17) is 0 Å². The molecule has 1 aromatic carbocycles. The third-order valence-corrected chi connectivity index (χ3v) is 5.20. The van der Waals surface area contributed by atoms with Crippen LogP contribution in [-0.2, 0) is 12.8 Å². The lowest BCUT2D eigenvalue weighted by molar-refractivity contribution is 0.0546. The van der Waals surface area contributed by atoms with Crippen molar-refractivity contribution in [3.8, 4) is 0 Å². The second kappa shape index (κ2) is 7.19. The molecule has 2 aromatic rings. The molecule has 0 unspecified atom stereocenters. The number of aliphatic hydroxyl groups is 1. The molecule has 0 bridgehead atoms. The molecular weight excluding hydrogens is 310 g/mol. The van der Waals surface area contributed by atoms with Crippen LogP contribution in [0.3, 0.4) is 0 Å². The molecule has 1 fully saturated rings. The average Bonchev–Trinajstić information content (AvgIpc) is 2.98. The Morgan fingerprint density at radius 3 is 2.87 bits per heavy atom. The van der Waals surface area contributed by atoms with Gasteiger partial charge in [0, 0.05) is 43.8 Å². The van der Waals surface area contributed by atoms with E-state index in [0.29, 0.717) is 25.9 Å². The number of piperidine rings is 1. The van der Waals surface area contributed by atoms with Crippen molar-refractivity contribution in [2.75, 3.05) is 13.1 Å². The van der Waals surface area contributed by atoms with E-state index in [9.17, 15) is 9.90 Å². The molecule has 23 heavy (non-hydrogen) atoms. The number of benzene rings is 1. The SMILES string of the molecule is Cn1ccnc1SCc1cccc(C(=O)N2CCC(O)CC2)c1. The molecule has 0 radical (unpaired) electrons. The molecular formula is C17H21N3O2S. The first kappa shape index (κ1) is 16.1. The van der Waals surface area contributed by atoms with Crippen LogP contribution in [0.2, 0.25) is 0 Å². The monoisotopic (exact) mass is 331 g/mol. The van der Waals surface area contributed by atoms with Crippen LogP contribution in [0.5, 0.6) is 0 Å². The van der Waals surface area contributed by atoms with Gasteiger partial charge in [0.25, 0.3) is 5.91 Å². The third-order valence-electron chi connectivity index (χ3n) is 4.07. The molecule has 2 heterocycles. The predicted molar refractivity (Wildman–Crippen MR) is 90.4 cm³/mol. The number of aliphatic hydroxyl groups excluding tert-OH is 1. The van der Waals surface area contributed by atoms with E-state index in [1.54, 1.807) is 18.0 Å². The first-order chi connectivity index (χ1) is 11.1. The van der Waals surface area contributed by atoms with E-state index >= 15 is 0 Å². The number of amides is 1. The molecule has 1 aliphatic heterocycles. The number of rotatable bonds is 4. The summed E-state index contributed by atoms with van der Waals surface area (Å²) in [5, 5.41) is 10.5. The number of carbonyl (C=O) groups excluding carboxylic acids is 1. The topological polar surface area (TPSA) is 58.4 Å². The van der Waals surface area contributed by atoms with Crippen molar-refractivity contribution in [1.29, 1.82) is 0 Å². The van der Waals surface area contributed by atoms with Crippen molar-refractivity contribution in [3.05, 3.63) is 47.8 Å². The van der Waals surface area contributed by atoms with Crippen LogP contribution in [0.25, 0.3) is 0 Å². The molecule has 6 heteroatoms. The summed E-state index contributed by atoms with van der Waals surface area (Å²) in [6.07, 6.45) is 4.78. The minimum atomic E-state index is -0.264. The number of likely N-dealkylation sites (tertiary alicyclic amines) is 1. The number of aromatic nitrogens is 2. The lowest BCUT2D eigenvalue weighted by Gasteiger charge is -2.29. The molecule has 1 N–H and O–H groups in total. The maximum absolute atomic E-state index is 12.6. The average molecular weight is 331 g/mol. The summed E-state index contributed by atoms with van der Waals surface area (Å²) in [5.41, 5.74) is 1.83. The fourth-order valence-electron chi connectivity index (χ4n) is 2.68. The minimum absolute atomic E-state index is 0.0562. The molecule has 3 rings (SSSR count). The van der Waals surface area contributed by atoms with Gasteiger partial charge in [-0.3, -0.25) is 4.79 Å². The van der Waals surface area contributed by atoms with Gasteiger partial charge in [-0.25, -0.2) is 4.98 Å². The Labute approximate surface area is 140 Å². The Hall–Kier alpha value is -1.79. The molecule has 1 aliphatic rings. The Balaban J connectivity index is 1.65. The van der Waals surface area contributed by atoms with Gasteiger partial charge in [0.2, 0.25) is 0 Å². The number of aryl methyl sites for hydroxylation is 1. The molecule has 0 aliphatic carbocycles. The molecule has 0 spiro atoms. The van der Waals surface area contributed by atoms with E-state index in [0.717, 1.165) is 22.0 Å². The van der Waals surface area contributed by atoms with Crippen molar-refractivity contribution in [2.45, 2.75) is 29.9 Å². The van der Waals surface area contributed by atoms with Gasteiger partial charge in [-0.15, -0.1) is 0 Å². The summed E-state index contributed by atoms with van der Waals surface area (Å²) in [6, 6.07) is 7.79. The van der Waals surface area contributed by atoms with Crippen molar-refractivity contribution in [3.63, 3.8) is 0 Å². The van der Waals surface area contributed by atoms with Crippen LogP contribution < -0.4 is 0 Å². The van der Waals surface area contributed by atoms with Crippen molar-refractivity contribution >= 4 is 17.7 Å². The zero-order valence-electron chi connectivity index (χ0n) is 13.2. The molecule has 5 nitrogen and oxygen atoms in total. The summed E-state index contributed by atoms with van der Waals surface area (Å²) in [5.74, 6) is 0.839. The molecule has 1 aromatic heterocycles. The van der Waals surface area contributed by atoms with Gasteiger partial charge in [-0.05, 0) is 30.5 Å². The predicted octanol–water partition coefficient (Wildman–Crippen LogP) is 2.31. The quantitative estimate of drug-likeness (QED) is 0.874. The molecule has 122 valence electrons. The highest BCUT2D eigenvalue weighted by molar-refractivity contribution is 7.98. The van der Waals surface area contributed by atoms with Crippen LogP contribution in [-0.4, -0.2) is 44.7 Å². The van der Waals surface area contributed by atoms with Gasteiger partial charge in [-0.2, -0.15) is 0 Å². The first-order valence-electron chi connectivity index (χ1n) is 7.80. The lowest BCUT2D eigenvalue weighted by atomic mass is 10.1. The summed E-state index contributed by atoms with van der Waals surface area (Å²) >= 11 is 1.66. The summed E-state index contributed by atoms with van der Waals surface area (Å²) in [7, 11) is 1.97. The van der Waals surface area contributed by atoms with E-state index < -0.39 is 0 Å². The largest absolute Gasteiger partial charge is 0.393 e. The molecule has 1 saturated heterocycles. The molecule has 0 atom stereocenters. The lowest BCUT2D eigenvalue weighted by Crippen LogP contribution is -2.40. The Morgan fingerprint density at radius 1 is 1.39 bits per heavy atom. The number of thioether (sulfide) groups is 1. The fraction of sp³-hybridized carbons (Fsp3) is 0.412. The zero-order valence-corrected chi connectivity index (χ0v) is 14.0. The summed E-state index contributed by atoms with van der Waals surface area (Å²) < 4.78 is 1.98. The van der Waals surface area contributed by atoms with Gasteiger partial charge < -0.3 is 14.6 Å². The van der Waals surface area contributed by atoms with Crippen LogP contribution in [0, 0.1) is 0 Å². The van der Waals surface area contributed by atoms with Crippen LogP contribution in [0.1, 0.15) is 28.8 Å². The van der Waals surface area contributed by atoms with Crippen LogP contribution in [0.4, 0.5) is 0 Å². The third kappa shape index (κ3) is 3.95. The maximum Gasteiger partial charge on any atom is 0.253 e. The highest BCUT2D eigenvalue weighted by Crippen LogP contribution is 2.22. The van der Waals surface area contributed by atoms with Crippen molar-refractivity contribution in [1.82, 2.24) is 14.5 Å². The Kier molecular flexibility index (Phi) is 5.03. The van der Waals surface area contributed by atoms with Crippen molar-refractivity contribution < 1.29 is 9.90 Å². The van der Waals surface area contributed by atoms with E-state index in [1.165, 1.54) is 0 Å². The Bertz CT molecular complexity index is 678. The maximum atomic E-state index is 12.6. The summed E-state index contributed by atoms with van der Waals surface area (Å²) in [6.45, 7) is 1.26. The smallest absolute Gasteiger partial charge is 0.253 e. The van der Waals surface area contributed by atoms with Gasteiger partial charge >= 0.3 is 0 Å². The number of hydrogen-bond donors (Lipinski definition) is 1. The number of hydrogen-bond acceptors (Lipinski definition) is 4. The van der Waals surface area contributed by atoms with Gasteiger partial charge in [0.05, 0.1) is 6.10 Å². The van der Waals surface area contributed by atoms with Gasteiger partial charge in [0.15, 0.2) is 5.16 Å². The van der Waals surface area contributed by atoms with Crippen LogP contribution >= 0.6 is 11.8 Å². The number of carbonyl (C=O) groups is 1. The van der Waals surface area contributed by atoms with Gasteiger partial charge in [0.1, 0.15) is 0 Å². The Morgan fingerprint density at radius 2 is 2.17 bits per heavy atom. The standard InChI is InChI=1S/C17H21N3O2S/c1-19-10-7-18-17(19)23-12-13-3-2-4-14(11-13)16(22)20-8-5-15(21)6-9-20/h2-4,7,10-11,15,21H,5-6,8-9,12H2,1H3. The van der Waals surface area contributed by atoms with E-state index in [1.807, 2.05) is 47.0 Å². The second-order valence-corrected chi connectivity index (χ2v) is 6.78. The second-order valence-electron chi connectivity index (χ2n) is 5.83. The highest BCUT2D eigenvalue weighted by Gasteiger charge is 2.22. The van der Waals surface area contributed by atoms with Crippen molar-refractivity contribution in [2.24, 2.45) is 7.05 Å². The van der Waals surface area contributed by atoms with Gasteiger partial charge in [-0.1, -0.05) is 23.9 Å². The van der Waals surface area contributed by atoms with Crippen LogP contribution in [0.15, 0.2) is 41.8 Å².